The highest BCUT2D eigenvalue weighted by molar-refractivity contribution is 5.97. The van der Waals surface area contributed by atoms with Crippen LogP contribution in [0.3, 0.4) is 0 Å². The highest BCUT2D eigenvalue weighted by Gasteiger charge is 2.16. The van der Waals surface area contributed by atoms with E-state index in [1.54, 1.807) is 0 Å². The van der Waals surface area contributed by atoms with Crippen LogP contribution in [0.5, 0.6) is 0 Å². The molecule has 0 aliphatic heterocycles. The molecule has 3 aromatic carbocycles. The summed E-state index contributed by atoms with van der Waals surface area (Å²) < 4.78 is 0. The molecule has 0 atom stereocenters. The summed E-state index contributed by atoms with van der Waals surface area (Å²) in [6.07, 6.45) is 0. The number of rotatable bonds is 1. The quantitative estimate of drug-likeness (QED) is 0.425. The van der Waals surface area contributed by atoms with E-state index in [2.05, 4.69) is 81.4 Å². The summed E-state index contributed by atoms with van der Waals surface area (Å²) >= 11 is 0. The van der Waals surface area contributed by atoms with Gasteiger partial charge in [-0.05, 0) is 40.8 Å². The molecule has 0 amide bonds. The maximum absolute atomic E-state index is 5.01. The fraction of sp³-hybridized carbons (Fsp3) is 0.217. The molecule has 1 aromatic heterocycles. The first-order valence-electron chi connectivity index (χ1n) is 8.70. The smallest absolute Gasteiger partial charge is 0.0928 e. The van der Waals surface area contributed by atoms with E-state index in [1.165, 1.54) is 16.3 Å². The van der Waals surface area contributed by atoms with Gasteiger partial charge in [-0.15, -0.1) is 0 Å². The molecule has 0 saturated heterocycles. The summed E-state index contributed by atoms with van der Waals surface area (Å²) in [6, 6.07) is 21.2. The Morgan fingerprint density at radius 3 is 2.32 bits per heavy atom. The lowest BCUT2D eigenvalue weighted by Gasteiger charge is -2.19. The van der Waals surface area contributed by atoms with E-state index in [0.717, 1.165) is 28.0 Å². The Morgan fingerprint density at radius 1 is 0.760 bits per heavy atom. The Balaban J connectivity index is 1.99. The van der Waals surface area contributed by atoms with Crippen molar-refractivity contribution in [1.82, 2.24) is 9.97 Å². The topological polar surface area (TPSA) is 25.8 Å². The van der Waals surface area contributed by atoms with Crippen molar-refractivity contribution in [3.8, 4) is 11.3 Å². The van der Waals surface area contributed by atoms with Gasteiger partial charge in [0.05, 0.1) is 22.4 Å². The summed E-state index contributed by atoms with van der Waals surface area (Å²) in [5.74, 6) is 0. The number of fused-ring (bicyclic) bond motifs is 2. The van der Waals surface area contributed by atoms with Gasteiger partial charge in [-0.3, -0.25) is 0 Å². The minimum atomic E-state index is 0.0976. The maximum atomic E-state index is 5.01. The Morgan fingerprint density at radius 2 is 1.52 bits per heavy atom. The third-order valence-corrected chi connectivity index (χ3v) is 4.75. The van der Waals surface area contributed by atoms with Gasteiger partial charge in [0.2, 0.25) is 0 Å². The number of hydrogen-bond donors (Lipinski definition) is 0. The van der Waals surface area contributed by atoms with Crippen molar-refractivity contribution < 1.29 is 0 Å². The lowest BCUT2D eigenvalue weighted by atomic mass is 9.87. The zero-order valence-corrected chi connectivity index (χ0v) is 15.2. The summed E-state index contributed by atoms with van der Waals surface area (Å²) in [5.41, 5.74) is 6.37. The third kappa shape index (κ3) is 2.78. The zero-order valence-electron chi connectivity index (χ0n) is 15.2. The fourth-order valence-corrected chi connectivity index (χ4v) is 3.30. The molecule has 0 aliphatic carbocycles. The van der Waals surface area contributed by atoms with Crippen molar-refractivity contribution in [2.45, 2.75) is 33.1 Å². The number of aromatic nitrogens is 2. The minimum absolute atomic E-state index is 0.0976. The highest BCUT2D eigenvalue weighted by Crippen LogP contribution is 2.31. The van der Waals surface area contributed by atoms with Gasteiger partial charge < -0.3 is 0 Å². The molecule has 2 nitrogen and oxygen atoms in total. The lowest BCUT2D eigenvalue weighted by Crippen LogP contribution is -2.11. The summed E-state index contributed by atoms with van der Waals surface area (Å²) in [4.78, 5) is 9.83. The lowest BCUT2D eigenvalue weighted by molar-refractivity contribution is 0.591. The molecular weight excluding hydrogens is 304 g/mol. The summed E-state index contributed by atoms with van der Waals surface area (Å²) in [7, 11) is 0. The van der Waals surface area contributed by atoms with Crippen molar-refractivity contribution in [3.63, 3.8) is 0 Å². The normalized spacial score (nSPS) is 12.0. The zero-order chi connectivity index (χ0) is 17.6. The molecule has 0 N–H and O–H groups in total. The Hall–Kier alpha value is -2.74. The molecule has 2 heteroatoms. The van der Waals surface area contributed by atoms with Crippen LogP contribution >= 0.6 is 0 Å². The average Bonchev–Trinajstić information content (AvgIpc) is 2.59. The number of nitrogens with zero attached hydrogens (tertiary/aromatic N) is 2. The minimum Gasteiger partial charge on any atom is -0.249 e. The molecular formula is C23H22N2. The predicted molar refractivity (Wildman–Crippen MR) is 106 cm³/mol. The Labute approximate surface area is 148 Å². The summed E-state index contributed by atoms with van der Waals surface area (Å²) in [5, 5.41) is 2.44. The van der Waals surface area contributed by atoms with E-state index in [0.29, 0.717) is 0 Å². The molecule has 25 heavy (non-hydrogen) atoms. The first-order chi connectivity index (χ1) is 11.9. The molecule has 124 valence electrons. The number of hydrogen-bond acceptors (Lipinski definition) is 2. The molecule has 1 heterocycles. The Bertz CT molecular complexity index is 1080. The van der Waals surface area contributed by atoms with Crippen LogP contribution in [0.1, 0.15) is 32.0 Å². The molecule has 0 spiro atoms. The van der Waals surface area contributed by atoms with E-state index in [4.69, 9.17) is 9.97 Å². The number of benzene rings is 3. The average molecular weight is 326 g/mol. The van der Waals surface area contributed by atoms with Gasteiger partial charge in [0.1, 0.15) is 0 Å². The molecule has 4 aromatic rings. The van der Waals surface area contributed by atoms with Crippen molar-refractivity contribution in [3.05, 3.63) is 71.9 Å². The molecule has 4 rings (SSSR count). The largest absolute Gasteiger partial charge is 0.249 e. The van der Waals surface area contributed by atoms with E-state index < -0.39 is 0 Å². The standard InChI is InChI=1S/C23H22N2/c1-15-22(19-11-7-9-16-8-5-6-10-18(16)19)25-21-14-17(23(2,3)4)12-13-20(21)24-15/h5-14H,1-4H3. The van der Waals surface area contributed by atoms with Gasteiger partial charge in [0.25, 0.3) is 0 Å². The fourth-order valence-electron chi connectivity index (χ4n) is 3.30. The third-order valence-electron chi connectivity index (χ3n) is 4.75. The van der Waals surface area contributed by atoms with Crippen molar-refractivity contribution in [2.75, 3.05) is 0 Å². The second kappa shape index (κ2) is 5.66. The van der Waals surface area contributed by atoms with Crippen LogP contribution in [0.25, 0.3) is 33.1 Å². The molecule has 0 aliphatic rings. The molecule has 0 bridgehead atoms. The van der Waals surface area contributed by atoms with E-state index in [9.17, 15) is 0 Å². The van der Waals surface area contributed by atoms with E-state index in [-0.39, 0.29) is 5.41 Å². The van der Waals surface area contributed by atoms with Crippen LogP contribution in [0, 0.1) is 6.92 Å². The summed E-state index contributed by atoms with van der Waals surface area (Å²) in [6.45, 7) is 8.71. The van der Waals surface area contributed by atoms with Gasteiger partial charge in [0.15, 0.2) is 0 Å². The predicted octanol–water partition coefficient (Wildman–Crippen LogP) is 6.06. The SMILES string of the molecule is Cc1nc2ccc(C(C)(C)C)cc2nc1-c1cccc2ccccc12. The van der Waals surface area contributed by atoms with Crippen LogP contribution in [0.15, 0.2) is 60.7 Å². The van der Waals surface area contributed by atoms with Gasteiger partial charge >= 0.3 is 0 Å². The van der Waals surface area contributed by atoms with Crippen molar-refractivity contribution in [2.24, 2.45) is 0 Å². The first kappa shape index (κ1) is 15.8. The van der Waals surface area contributed by atoms with Gasteiger partial charge in [-0.25, -0.2) is 9.97 Å². The second-order valence-electron chi connectivity index (χ2n) is 7.64. The molecule has 0 radical (unpaired) electrons. The number of aryl methyl sites for hydroxylation is 1. The van der Waals surface area contributed by atoms with E-state index >= 15 is 0 Å². The van der Waals surface area contributed by atoms with Gasteiger partial charge in [-0.1, -0.05) is 69.3 Å². The molecule has 0 fully saturated rings. The monoisotopic (exact) mass is 326 g/mol. The van der Waals surface area contributed by atoms with Crippen molar-refractivity contribution in [1.29, 1.82) is 0 Å². The Kier molecular flexibility index (Phi) is 3.57. The molecule has 0 unspecified atom stereocenters. The maximum Gasteiger partial charge on any atom is 0.0928 e. The van der Waals surface area contributed by atoms with Gasteiger partial charge in [0, 0.05) is 5.56 Å². The van der Waals surface area contributed by atoms with Crippen molar-refractivity contribution >= 4 is 21.8 Å². The van der Waals surface area contributed by atoms with Crippen LogP contribution in [0.2, 0.25) is 0 Å². The van der Waals surface area contributed by atoms with Crippen LogP contribution < -0.4 is 0 Å². The second-order valence-corrected chi connectivity index (χ2v) is 7.64. The van der Waals surface area contributed by atoms with Crippen LogP contribution in [-0.4, -0.2) is 9.97 Å². The first-order valence-corrected chi connectivity index (χ1v) is 8.70. The molecule has 0 saturated carbocycles. The van der Waals surface area contributed by atoms with Crippen LogP contribution in [0.4, 0.5) is 0 Å². The highest BCUT2D eigenvalue weighted by atomic mass is 14.8. The van der Waals surface area contributed by atoms with Gasteiger partial charge in [-0.2, -0.15) is 0 Å². The van der Waals surface area contributed by atoms with Crippen LogP contribution in [-0.2, 0) is 5.41 Å². The van der Waals surface area contributed by atoms with E-state index in [1.807, 2.05) is 6.92 Å².